The Kier molecular flexibility index (Phi) is 5.60. The summed E-state index contributed by atoms with van der Waals surface area (Å²) in [6.45, 7) is 5.32. The minimum atomic E-state index is -0.156. The van der Waals surface area contributed by atoms with Gasteiger partial charge in [-0.3, -0.25) is 4.79 Å². The molecule has 0 radical (unpaired) electrons. The van der Waals surface area contributed by atoms with Crippen LogP contribution in [0.2, 0.25) is 0 Å². The molecule has 1 aliphatic rings. The number of benzene rings is 2. The van der Waals surface area contributed by atoms with E-state index in [4.69, 9.17) is 9.26 Å². The van der Waals surface area contributed by atoms with E-state index in [9.17, 15) is 4.79 Å². The van der Waals surface area contributed by atoms with E-state index < -0.39 is 0 Å². The summed E-state index contributed by atoms with van der Waals surface area (Å²) in [4.78, 5) is 19.4. The van der Waals surface area contributed by atoms with Crippen molar-refractivity contribution >= 4 is 5.91 Å². The van der Waals surface area contributed by atoms with E-state index in [1.807, 2.05) is 67.3 Å². The van der Waals surface area contributed by atoms with Crippen LogP contribution < -0.4 is 4.74 Å². The van der Waals surface area contributed by atoms with Gasteiger partial charge in [-0.05, 0) is 50.5 Å². The molecule has 1 unspecified atom stereocenters. The Labute approximate surface area is 170 Å². The number of carbonyl (C=O) groups excluding carboxylic acids is 1. The SMILES string of the molecule is CCOc1ccc(CC(=O)N2CCCC2c2nc(-c3cccc(C)c3)no2)cc1. The van der Waals surface area contributed by atoms with Crippen LogP contribution in [0.4, 0.5) is 0 Å². The van der Waals surface area contributed by atoms with Crippen LogP contribution >= 0.6 is 0 Å². The highest BCUT2D eigenvalue weighted by Crippen LogP contribution is 2.32. The number of likely N-dealkylation sites (tertiary alicyclic amines) is 1. The fourth-order valence-electron chi connectivity index (χ4n) is 3.74. The molecule has 0 N–H and O–H groups in total. The molecule has 3 aromatic rings. The van der Waals surface area contributed by atoms with Crippen molar-refractivity contribution in [3.05, 3.63) is 65.5 Å². The van der Waals surface area contributed by atoms with Crippen molar-refractivity contribution in [3.8, 4) is 17.1 Å². The molecule has 1 aliphatic heterocycles. The van der Waals surface area contributed by atoms with Gasteiger partial charge in [-0.15, -0.1) is 0 Å². The molecule has 29 heavy (non-hydrogen) atoms. The van der Waals surface area contributed by atoms with E-state index in [-0.39, 0.29) is 11.9 Å². The monoisotopic (exact) mass is 391 g/mol. The normalized spacial score (nSPS) is 16.2. The molecular formula is C23H25N3O3. The highest BCUT2D eigenvalue weighted by atomic mass is 16.5. The molecule has 1 atom stereocenters. The summed E-state index contributed by atoms with van der Waals surface area (Å²) in [5.41, 5.74) is 3.03. The van der Waals surface area contributed by atoms with Gasteiger partial charge in [0.05, 0.1) is 13.0 Å². The van der Waals surface area contributed by atoms with Gasteiger partial charge in [-0.2, -0.15) is 4.98 Å². The first-order valence-corrected chi connectivity index (χ1v) is 10.1. The predicted octanol–water partition coefficient (Wildman–Crippen LogP) is 4.35. The summed E-state index contributed by atoms with van der Waals surface area (Å²) in [6, 6.07) is 15.5. The quantitative estimate of drug-likeness (QED) is 0.625. The van der Waals surface area contributed by atoms with Gasteiger partial charge in [0.2, 0.25) is 17.6 Å². The van der Waals surface area contributed by atoms with Gasteiger partial charge in [-0.25, -0.2) is 0 Å². The van der Waals surface area contributed by atoms with Crippen molar-refractivity contribution in [3.63, 3.8) is 0 Å². The third-order valence-electron chi connectivity index (χ3n) is 5.17. The van der Waals surface area contributed by atoms with Crippen molar-refractivity contribution in [1.29, 1.82) is 0 Å². The summed E-state index contributed by atoms with van der Waals surface area (Å²) >= 11 is 0. The molecular weight excluding hydrogens is 366 g/mol. The largest absolute Gasteiger partial charge is 0.494 e. The predicted molar refractivity (Wildman–Crippen MR) is 109 cm³/mol. The molecule has 0 bridgehead atoms. The maximum Gasteiger partial charge on any atom is 0.249 e. The molecule has 1 saturated heterocycles. The Balaban J connectivity index is 1.47. The average molecular weight is 391 g/mol. The Morgan fingerprint density at radius 3 is 2.83 bits per heavy atom. The van der Waals surface area contributed by atoms with E-state index in [1.54, 1.807) is 0 Å². The molecule has 2 aromatic carbocycles. The molecule has 6 nitrogen and oxygen atoms in total. The number of rotatable bonds is 6. The molecule has 1 amide bonds. The fourth-order valence-corrected chi connectivity index (χ4v) is 3.74. The van der Waals surface area contributed by atoms with E-state index in [0.717, 1.165) is 35.3 Å². The summed E-state index contributed by atoms with van der Waals surface area (Å²) in [7, 11) is 0. The number of carbonyl (C=O) groups is 1. The van der Waals surface area contributed by atoms with Crippen molar-refractivity contribution < 1.29 is 14.1 Å². The number of aromatic nitrogens is 2. The smallest absolute Gasteiger partial charge is 0.249 e. The van der Waals surface area contributed by atoms with Gasteiger partial charge in [0.15, 0.2) is 0 Å². The second-order valence-corrected chi connectivity index (χ2v) is 7.32. The van der Waals surface area contributed by atoms with Gasteiger partial charge in [0.1, 0.15) is 11.8 Å². The highest BCUT2D eigenvalue weighted by Gasteiger charge is 2.34. The lowest BCUT2D eigenvalue weighted by Gasteiger charge is -2.22. The maximum absolute atomic E-state index is 12.9. The van der Waals surface area contributed by atoms with Gasteiger partial charge in [-0.1, -0.05) is 41.1 Å². The Hall–Kier alpha value is -3.15. The zero-order chi connectivity index (χ0) is 20.2. The summed E-state index contributed by atoms with van der Waals surface area (Å²) in [5.74, 6) is 1.97. The van der Waals surface area contributed by atoms with E-state index >= 15 is 0 Å². The van der Waals surface area contributed by atoms with Crippen molar-refractivity contribution in [2.45, 2.75) is 39.2 Å². The lowest BCUT2D eigenvalue weighted by atomic mass is 10.1. The first-order chi connectivity index (χ1) is 14.1. The first-order valence-electron chi connectivity index (χ1n) is 10.1. The highest BCUT2D eigenvalue weighted by molar-refractivity contribution is 5.79. The number of nitrogens with zero attached hydrogens (tertiary/aromatic N) is 3. The molecule has 2 heterocycles. The Bertz CT molecular complexity index is 981. The minimum absolute atomic E-state index is 0.0759. The van der Waals surface area contributed by atoms with E-state index in [1.165, 1.54) is 0 Å². The van der Waals surface area contributed by atoms with Crippen LogP contribution in [0.5, 0.6) is 5.75 Å². The third kappa shape index (κ3) is 4.31. The van der Waals surface area contributed by atoms with Crippen LogP contribution in [0.15, 0.2) is 53.1 Å². The second kappa shape index (κ2) is 8.47. The van der Waals surface area contributed by atoms with Crippen LogP contribution in [0.25, 0.3) is 11.4 Å². The molecule has 0 aliphatic carbocycles. The van der Waals surface area contributed by atoms with Gasteiger partial charge >= 0.3 is 0 Å². The number of hydrogen-bond donors (Lipinski definition) is 0. The van der Waals surface area contributed by atoms with Crippen LogP contribution in [-0.4, -0.2) is 34.1 Å². The zero-order valence-electron chi connectivity index (χ0n) is 16.8. The topological polar surface area (TPSA) is 68.5 Å². The number of amides is 1. The van der Waals surface area contributed by atoms with Crippen molar-refractivity contribution in [2.75, 3.05) is 13.2 Å². The second-order valence-electron chi connectivity index (χ2n) is 7.32. The Morgan fingerprint density at radius 1 is 1.24 bits per heavy atom. The molecule has 4 rings (SSSR count). The number of aryl methyl sites for hydroxylation is 1. The van der Waals surface area contributed by atoms with Crippen LogP contribution in [0, 0.1) is 6.92 Å². The summed E-state index contributed by atoms with van der Waals surface area (Å²) in [6.07, 6.45) is 2.12. The molecule has 0 spiro atoms. The van der Waals surface area contributed by atoms with E-state index in [2.05, 4.69) is 10.1 Å². The lowest BCUT2D eigenvalue weighted by Crippen LogP contribution is -2.32. The van der Waals surface area contributed by atoms with Crippen molar-refractivity contribution in [2.24, 2.45) is 0 Å². The van der Waals surface area contributed by atoms with Crippen LogP contribution in [0.1, 0.15) is 42.8 Å². The van der Waals surface area contributed by atoms with Gasteiger partial charge in [0.25, 0.3) is 0 Å². The fraction of sp³-hybridized carbons (Fsp3) is 0.348. The van der Waals surface area contributed by atoms with Crippen LogP contribution in [-0.2, 0) is 11.2 Å². The molecule has 0 saturated carbocycles. The molecule has 6 heteroatoms. The standard InChI is InChI=1S/C23H25N3O3/c1-3-28-19-11-9-17(10-12-19)15-21(27)26-13-5-8-20(26)23-24-22(25-29-23)18-7-4-6-16(2)14-18/h4,6-7,9-12,14,20H,3,5,8,13,15H2,1-2H3. The average Bonchev–Trinajstić information content (AvgIpc) is 3.39. The Morgan fingerprint density at radius 2 is 2.07 bits per heavy atom. The maximum atomic E-state index is 12.9. The lowest BCUT2D eigenvalue weighted by molar-refractivity contribution is -0.131. The van der Waals surface area contributed by atoms with E-state index in [0.29, 0.717) is 31.3 Å². The number of ether oxygens (including phenoxy) is 1. The molecule has 1 fully saturated rings. The van der Waals surface area contributed by atoms with Crippen molar-refractivity contribution in [1.82, 2.24) is 15.0 Å². The summed E-state index contributed by atoms with van der Waals surface area (Å²) < 4.78 is 11.0. The summed E-state index contributed by atoms with van der Waals surface area (Å²) in [5, 5.41) is 4.14. The van der Waals surface area contributed by atoms with Gasteiger partial charge < -0.3 is 14.2 Å². The molecule has 1 aromatic heterocycles. The molecule has 150 valence electrons. The number of hydrogen-bond acceptors (Lipinski definition) is 5. The van der Waals surface area contributed by atoms with Crippen LogP contribution in [0.3, 0.4) is 0 Å². The third-order valence-corrected chi connectivity index (χ3v) is 5.17. The zero-order valence-corrected chi connectivity index (χ0v) is 16.8. The first kappa shape index (κ1) is 19.2. The minimum Gasteiger partial charge on any atom is -0.494 e. The van der Waals surface area contributed by atoms with Gasteiger partial charge in [0, 0.05) is 12.1 Å².